The number of Topliss-reactive ketones (excluding diaryl/α,β-unsaturated/α-hetero) is 1. The smallest absolute Gasteiger partial charge is 0.332 e. The Kier molecular flexibility index (Phi) is 1.21. The van der Waals surface area contributed by atoms with Gasteiger partial charge in [-0.2, -0.15) is 0 Å². The monoisotopic (exact) mass is 134 g/mol. The Balaban J connectivity index is 2.70. The van der Waals surface area contributed by atoms with Crippen molar-refractivity contribution in [3.63, 3.8) is 0 Å². The number of hydrogen-bond donors (Lipinski definition) is 0. The van der Waals surface area contributed by atoms with Gasteiger partial charge in [0.25, 0.3) is 0 Å². The molecule has 0 saturated carbocycles. The number of cyclic esters (lactones) is 1. The van der Waals surface area contributed by atoms with Crippen molar-refractivity contribution in [3.8, 4) is 0 Å². The second-order valence-corrected chi connectivity index (χ2v) is 1.87. The summed E-state index contributed by atoms with van der Waals surface area (Å²) in [6.07, 6.45) is 0. The molecule has 1 rings (SSSR count). The predicted octanol–water partition coefficient (Wildman–Crippen LogP) is -0.280. The van der Waals surface area contributed by atoms with Crippen molar-refractivity contribution < 1.29 is 14.3 Å². The van der Waals surface area contributed by atoms with Crippen molar-refractivity contribution in [2.45, 2.75) is 5.38 Å². The first-order valence-electron chi connectivity index (χ1n) is 2.05. The maximum atomic E-state index is 10.3. The molecule has 0 aromatic carbocycles. The molecule has 3 nitrogen and oxygen atoms in total. The predicted molar refractivity (Wildman–Crippen MR) is 25.6 cm³/mol. The lowest BCUT2D eigenvalue weighted by Gasteiger charge is -1.84. The zero-order valence-electron chi connectivity index (χ0n) is 3.89. The molecule has 1 heterocycles. The molecule has 0 aromatic heterocycles. The molecular weight excluding hydrogens is 131 g/mol. The second kappa shape index (κ2) is 1.74. The summed E-state index contributed by atoms with van der Waals surface area (Å²) in [7, 11) is 0. The highest BCUT2D eigenvalue weighted by Crippen LogP contribution is 2.07. The SMILES string of the molecule is O=C1COC(=O)[C@@H]1Cl. The molecule has 0 amide bonds. The van der Waals surface area contributed by atoms with Gasteiger partial charge in [0, 0.05) is 0 Å². The van der Waals surface area contributed by atoms with Gasteiger partial charge < -0.3 is 4.74 Å². The first-order chi connectivity index (χ1) is 3.72. The van der Waals surface area contributed by atoms with E-state index in [0.29, 0.717) is 0 Å². The average molecular weight is 135 g/mol. The highest BCUT2D eigenvalue weighted by Gasteiger charge is 2.32. The molecule has 0 N–H and O–H groups in total. The Bertz CT molecular complexity index is 126. The van der Waals surface area contributed by atoms with Crippen molar-refractivity contribution in [1.29, 1.82) is 0 Å². The number of carbonyl (C=O) groups is 2. The Morgan fingerprint density at radius 2 is 2.25 bits per heavy atom. The minimum Gasteiger partial charge on any atom is -0.456 e. The van der Waals surface area contributed by atoms with Crippen LogP contribution in [0.25, 0.3) is 0 Å². The van der Waals surface area contributed by atoms with Crippen molar-refractivity contribution in [1.82, 2.24) is 0 Å². The van der Waals surface area contributed by atoms with E-state index in [2.05, 4.69) is 4.74 Å². The summed E-state index contributed by atoms with van der Waals surface area (Å²) < 4.78 is 4.26. The number of ketones is 1. The third-order valence-electron chi connectivity index (χ3n) is 0.846. The fourth-order valence-corrected chi connectivity index (χ4v) is 0.546. The molecule has 0 aliphatic carbocycles. The topological polar surface area (TPSA) is 43.4 Å². The van der Waals surface area contributed by atoms with E-state index in [1.54, 1.807) is 0 Å². The maximum absolute atomic E-state index is 10.3. The molecule has 0 bridgehead atoms. The molecule has 1 saturated heterocycles. The Labute approximate surface area is 50.6 Å². The van der Waals surface area contributed by atoms with E-state index in [1.807, 2.05) is 0 Å². The number of halogens is 1. The number of hydrogen-bond acceptors (Lipinski definition) is 3. The van der Waals surface area contributed by atoms with Gasteiger partial charge in [-0.25, -0.2) is 4.79 Å². The van der Waals surface area contributed by atoms with E-state index in [0.717, 1.165) is 0 Å². The molecule has 44 valence electrons. The summed E-state index contributed by atoms with van der Waals surface area (Å²) in [5, 5.41) is -1.05. The fourth-order valence-electron chi connectivity index (χ4n) is 0.420. The quantitative estimate of drug-likeness (QED) is 0.260. The fraction of sp³-hybridized carbons (Fsp3) is 0.500. The van der Waals surface area contributed by atoms with Crippen LogP contribution in [0.15, 0.2) is 0 Å². The van der Waals surface area contributed by atoms with E-state index in [-0.39, 0.29) is 12.4 Å². The van der Waals surface area contributed by atoms with Crippen LogP contribution in [0.5, 0.6) is 0 Å². The van der Waals surface area contributed by atoms with Gasteiger partial charge in [-0.05, 0) is 0 Å². The van der Waals surface area contributed by atoms with Crippen LogP contribution in [0.3, 0.4) is 0 Å². The standard InChI is InChI=1S/C4H3ClO3/c5-3-2(6)1-8-4(3)7/h3H,1H2/t3-/m1/s1. The minimum atomic E-state index is -1.05. The molecule has 8 heavy (non-hydrogen) atoms. The van der Waals surface area contributed by atoms with Gasteiger partial charge in [0.2, 0.25) is 0 Å². The first kappa shape index (κ1) is 5.56. The minimum absolute atomic E-state index is 0.160. The largest absolute Gasteiger partial charge is 0.456 e. The summed E-state index contributed by atoms with van der Waals surface area (Å²) in [6.45, 7) is -0.160. The summed E-state index contributed by atoms with van der Waals surface area (Å²) in [4.78, 5) is 20.5. The van der Waals surface area contributed by atoms with Crippen molar-refractivity contribution in [2.75, 3.05) is 6.61 Å². The van der Waals surface area contributed by atoms with Gasteiger partial charge in [0.15, 0.2) is 17.8 Å². The van der Waals surface area contributed by atoms with E-state index in [4.69, 9.17) is 11.6 Å². The molecule has 1 aliphatic heterocycles. The van der Waals surface area contributed by atoms with Gasteiger partial charge in [0.05, 0.1) is 0 Å². The summed E-state index contributed by atoms with van der Waals surface area (Å²) in [6, 6.07) is 0. The molecule has 0 radical (unpaired) electrons. The van der Waals surface area contributed by atoms with E-state index >= 15 is 0 Å². The third-order valence-corrected chi connectivity index (χ3v) is 1.27. The highest BCUT2D eigenvalue weighted by atomic mass is 35.5. The zero-order chi connectivity index (χ0) is 6.15. The van der Waals surface area contributed by atoms with Crippen LogP contribution in [-0.2, 0) is 14.3 Å². The summed E-state index contributed by atoms with van der Waals surface area (Å²) >= 11 is 5.19. The molecule has 1 atom stereocenters. The summed E-state index contributed by atoms with van der Waals surface area (Å²) in [5.41, 5.74) is 0. The molecule has 1 aliphatic rings. The Morgan fingerprint density at radius 1 is 1.62 bits per heavy atom. The van der Waals surface area contributed by atoms with Crippen LogP contribution in [0.2, 0.25) is 0 Å². The zero-order valence-corrected chi connectivity index (χ0v) is 4.64. The first-order valence-corrected chi connectivity index (χ1v) is 2.49. The van der Waals surface area contributed by atoms with Gasteiger partial charge >= 0.3 is 5.97 Å². The average Bonchev–Trinajstić information content (AvgIpc) is 1.98. The van der Waals surface area contributed by atoms with Crippen LogP contribution in [0.4, 0.5) is 0 Å². The lowest BCUT2D eigenvalue weighted by atomic mass is 10.3. The van der Waals surface area contributed by atoms with E-state index in [1.165, 1.54) is 0 Å². The van der Waals surface area contributed by atoms with Crippen molar-refractivity contribution in [3.05, 3.63) is 0 Å². The van der Waals surface area contributed by atoms with Crippen LogP contribution in [0.1, 0.15) is 0 Å². The van der Waals surface area contributed by atoms with Crippen molar-refractivity contribution >= 4 is 23.4 Å². The van der Waals surface area contributed by atoms with E-state index < -0.39 is 11.3 Å². The maximum Gasteiger partial charge on any atom is 0.332 e. The lowest BCUT2D eigenvalue weighted by molar-refractivity contribution is -0.137. The molecule has 0 unspecified atom stereocenters. The van der Waals surface area contributed by atoms with Crippen LogP contribution >= 0.6 is 11.6 Å². The highest BCUT2D eigenvalue weighted by molar-refractivity contribution is 6.42. The molecule has 0 spiro atoms. The number of ether oxygens (including phenoxy) is 1. The molecule has 4 heteroatoms. The van der Waals surface area contributed by atoms with Gasteiger partial charge in [-0.1, -0.05) is 0 Å². The number of rotatable bonds is 0. The van der Waals surface area contributed by atoms with E-state index in [9.17, 15) is 9.59 Å². The van der Waals surface area contributed by atoms with Gasteiger partial charge in [-0.15, -0.1) is 11.6 Å². The molecule has 1 fully saturated rings. The van der Waals surface area contributed by atoms with Gasteiger partial charge in [-0.3, -0.25) is 4.79 Å². The van der Waals surface area contributed by atoms with Crippen LogP contribution in [0, 0.1) is 0 Å². The lowest BCUT2D eigenvalue weighted by Crippen LogP contribution is -2.13. The Hall–Kier alpha value is -0.570. The van der Waals surface area contributed by atoms with Crippen LogP contribution in [-0.4, -0.2) is 23.7 Å². The molecular formula is C4H3ClO3. The number of carbonyl (C=O) groups excluding carboxylic acids is 2. The molecule has 0 aromatic rings. The normalized spacial score (nSPS) is 28.4. The van der Waals surface area contributed by atoms with Crippen LogP contribution < -0.4 is 0 Å². The third kappa shape index (κ3) is 0.690. The number of esters is 1. The van der Waals surface area contributed by atoms with Crippen molar-refractivity contribution in [2.24, 2.45) is 0 Å². The number of alkyl halides is 1. The summed E-state index contributed by atoms with van der Waals surface area (Å²) in [5.74, 6) is -0.978. The second-order valence-electron chi connectivity index (χ2n) is 1.44. The Morgan fingerprint density at radius 3 is 2.38 bits per heavy atom. The van der Waals surface area contributed by atoms with Gasteiger partial charge in [0.1, 0.15) is 0 Å².